The molecule has 2 aromatic heterocycles. The SMILES string of the molecule is Cc1nn(C)c2ncc(NCc3ccc(O)c(Cl)c3)cc12. The first-order chi connectivity index (χ1) is 10.0. The maximum atomic E-state index is 9.41. The summed E-state index contributed by atoms with van der Waals surface area (Å²) in [6, 6.07) is 7.19. The Morgan fingerprint density at radius 1 is 1.33 bits per heavy atom. The van der Waals surface area contributed by atoms with Crippen molar-refractivity contribution < 1.29 is 5.11 Å². The van der Waals surface area contributed by atoms with Gasteiger partial charge in [-0.3, -0.25) is 4.68 Å². The van der Waals surface area contributed by atoms with Gasteiger partial charge in [0.1, 0.15) is 5.75 Å². The van der Waals surface area contributed by atoms with Gasteiger partial charge in [-0.2, -0.15) is 5.10 Å². The van der Waals surface area contributed by atoms with Gasteiger partial charge < -0.3 is 10.4 Å². The number of hydrogen-bond donors (Lipinski definition) is 2. The van der Waals surface area contributed by atoms with Crippen molar-refractivity contribution in [2.24, 2.45) is 7.05 Å². The Kier molecular flexibility index (Phi) is 3.43. The molecule has 0 unspecified atom stereocenters. The van der Waals surface area contributed by atoms with Gasteiger partial charge in [-0.1, -0.05) is 17.7 Å². The average molecular weight is 303 g/mol. The average Bonchev–Trinajstić information content (AvgIpc) is 2.75. The van der Waals surface area contributed by atoms with E-state index in [1.165, 1.54) is 0 Å². The molecule has 0 amide bonds. The lowest BCUT2D eigenvalue weighted by Gasteiger charge is -2.07. The Morgan fingerprint density at radius 3 is 2.90 bits per heavy atom. The van der Waals surface area contributed by atoms with Crippen LogP contribution >= 0.6 is 11.6 Å². The van der Waals surface area contributed by atoms with Crippen molar-refractivity contribution in [3.05, 3.63) is 46.7 Å². The van der Waals surface area contributed by atoms with E-state index < -0.39 is 0 Å². The van der Waals surface area contributed by atoms with Crippen molar-refractivity contribution in [3.63, 3.8) is 0 Å². The van der Waals surface area contributed by atoms with Crippen LogP contribution in [0.25, 0.3) is 11.0 Å². The summed E-state index contributed by atoms with van der Waals surface area (Å²) in [6.07, 6.45) is 1.78. The third kappa shape index (κ3) is 2.64. The predicted molar refractivity (Wildman–Crippen MR) is 83.7 cm³/mol. The second kappa shape index (κ2) is 5.26. The molecule has 2 N–H and O–H groups in total. The molecule has 0 fully saturated rings. The molecule has 3 rings (SSSR count). The Hall–Kier alpha value is -2.27. The number of benzene rings is 1. The van der Waals surface area contributed by atoms with Crippen LogP contribution in [-0.2, 0) is 13.6 Å². The second-order valence-corrected chi connectivity index (χ2v) is 5.35. The van der Waals surface area contributed by atoms with Gasteiger partial charge in [0, 0.05) is 19.0 Å². The van der Waals surface area contributed by atoms with E-state index in [0.717, 1.165) is 28.0 Å². The van der Waals surface area contributed by atoms with E-state index in [1.54, 1.807) is 23.0 Å². The molecule has 3 aromatic rings. The lowest BCUT2D eigenvalue weighted by atomic mass is 10.2. The third-order valence-electron chi connectivity index (χ3n) is 3.37. The van der Waals surface area contributed by atoms with Crippen LogP contribution in [0.15, 0.2) is 30.5 Å². The molecule has 2 heterocycles. The van der Waals surface area contributed by atoms with E-state index in [-0.39, 0.29) is 5.75 Å². The topological polar surface area (TPSA) is 63.0 Å². The van der Waals surface area contributed by atoms with Crippen LogP contribution in [0.4, 0.5) is 5.69 Å². The third-order valence-corrected chi connectivity index (χ3v) is 3.67. The van der Waals surface area contributed by atoms with E-state index in [9.17, 15) is 5.11 Å². The molecule has 0 saturated heterocycles. The minimum Gasteiger partial charge on any atom is -0.506 e. The largest absolute Gasteiger partial charge is 0.506 e. The van der Waals surface area contributed by atoms with Gasteiger partial charge in [0.2, 0.25) is 0 Å². The number of anilines is 1. The summed E-state index contributed by atoms with van der Waals surface area (Å²) < 4.78 is 1.77. The number of aromatic hydroxyl groups is 1. The molecular weight excluding hydrogens is 288 g/mol. The summed E-state index contributed by atoms with van der Waals surface area (Å²) in [5.41, 5.74) is 3.73. The van der Waals surface area contributed by atoms with Crippen molar-refractivity contribution in [2.75, 3.05) is 5.32 Å². The number of fused-ring (bicyclic) bond motifs is 1. The molecular formula is C15H15ClN4O. The number of nitrogens with zero attached hydrogens (tertiary/aromatic N) is 3. The summed E-state index contributed by atoms with van der Waals surface area (Å²) in [6.45, 7) is 2.57. The molecule has 0 saturated carbocycles. The van der Waals surface area contributed by atoms with Crippen LogP contribution < -0.4 is 5.32 Å². The van der Waals surface area contributed by atoms with Crippen molar-refractivity contribution >= 4 is 28.3 Å². The van der Waals surface area contributed by atoms with E-state index >= 15 is 0 Å². The zero-order chi connectivity index (χ0) is 15.0. The quantitative estimate of drug-likeness (QED) is 0.779. The normalized spacial score (nSPS) is 11.0. The highest BCUT2D eigenvalue weighted by Gasteiger charge is 2.07. The predicted octanol–water partition coefficient (Wildman–Crippen LogP) is 3.25. The first kappa shape index (κ1) is 13.7. The highest BCUT2D eigenvalue weighted by atomic mass is 35.5. The summed E-state index contributed by atoms with van der Waals surface area (Å²) in [5, 5.41) is 18.4. The Labute approximate surface area is 127 Å². The maximum Gasteiger partial charge on any atom is 0.157 e. The smallest absolute Gasteiger partial charge is 0.157 e. The number of pyridine rings is 1. The molecule has 21 heavy (non-hydrogen) atoms. The number of rotatable bonds is 3. The van der Waals surface area contributed by atoms with Crippen molar-refractivity contribution in [1.82, 2.24) is 14.8 Å². The van der Waals surface area contributed by atoms with Gasteiger partial charge >= 0.3 is 0 Å². The van der Waals surface area contributed by atoms with Crippen LogP contribution in [0.2, 0.25) is 5.02 Å². The minimum absolute atomic E-state index is 0.0921. The fourth-order valence-corrected chi connectivity index (χ4v) is 2.47. The van der Waals surface area contributed by atoms with Crippen molar-refractivity contribution in [1.29, 1.82) is 0 Å². The summed E-state index contributed by atoms with van der Waals surface area (Å²) in [4.78, 5) is 4.42. The number of phenolic OH excluding ortho intramolecular Hbond substituents is 1. The minimum atomic E-state index is 0.0921. The van der Waals surface area contributed by atoms with Gasteiger partial charge in [0.15, 0.2) is 5.65 Å². The van der Waals surface area contributed by atoms with E-state index in [2.05, 4.69) is 15.4 Å². The number of aryl methyl sites for hydroxylation is 2. The zero-order valence-corrected chi connectivity index (χ0v) is 12.5. The van der Waals surface area contributed by atoms with Crippen LogP contribution in [0.3, 0.4) is 0 Å². The number of nitrogens with one attached hydrogen (secondary N) is 1. The van der Waals surface area contributed by atoms with Gasteiger partial charge in [0.25, 0.3) is 0 Å². The Bertz CT molecular complexity index is 813. The first-order valence-corrected chi connectivity index (χ1v) is 6.93. The van der Waals surface area contributed by atoms with E-state index in [0.29, 0.717) is 11.6 Å². The summed E-state index contributed by atoms with van der Waals surface area (Å²) >= 11 is 5.90. The van der Waals surface area contributed by atoms with Crippen LogP contribution in [0.5, 0.6) is 5.75 Å². The Morgan fingerprint density at radius 2 is 2.14 bits per heavy atom. The lowest BCUT2D eigenvalue weighted by Crippen LogP contribution is -2.00. The van der Waals surface area contributed by atoms with Crippen LogP contribution in [0.1, 0.15) is 11.3 Å². The molecule has 5 nitrogen and oxygen atoms in total. The molecule has 0 spiro atoms. The van der Waals surface area contributed by atoms with Gasteiger partial charge in [-0.15, -0.1) is 0 Å². The zero-order valence-electron chi connectivity index (χ0n) is 11.8. The first-order valence-electron chi connectivity index (χ1n) is 6.55. The molecule has 0 aliphatic heterocycles. The maximum absolute atomic E-state index is 9.41. The standard InChI is InChI=1S/C15H15ClN4O/c1-9-12-6-11(8-18-15(12)20(2)19-9)17-7-10-3-4-14(21)13(16)5-10/h3-6,8,17,21H,7H2,1-2H3. The fraction of sp³-hybridized carbons (Fsp3) is 0.200. The number of phenols is 1. The summed E-state index contributed by atoms with van der Waals surface area (Å²) in [5.74, 6) is 0.0921. The molecule has 6 heteroatoms. The van der Waals surface area contributed by atoms with Gasteiger partial charge in [0.05, 0.1) is 22.6 Å². The monoisotopic (exact) mass is 302 g/mol. The van der Waals surface area contributed by atoms with Crippen LogP contribution in [-0.4, -0.2) is 19.9 Å². The molecule has 0 aliphatic rings. The van der Waals surface area contributed by atoms with Gasteiger partial charge in [-0.25, -0.2) is 4.98 Å². The van der Waals surface area contributed by atoms with E-state index in [4.69, 9.17) is 11.6 Å². The summed E-state index contributed by atoms with van der Waals surface area (Å²) in [7, 11) is 1.88. The van der Waals surface area contributed by atoms with Crippen LogP contribution in [0, 0.1) is 6.92 Å². The molecule has 108 valence electrons. The van der Waals surface area contributed by atoms with E-state index in [1.807, 2.05) is 26.1 Å². The molecule has 0 radical (unpaired) electrons. The lowest BCUT2D eigenvalue weighted by molar-refractivity contribution is 0.475. The van der Waals surface area contributed by atoms with Gasteiger partial charge in [-0.05, 0) is 30.7 Å². The Balaban J connectivity index is 1.81. The number of hydrogen-bond acceptors (Lipinski definition) is 4. The number of aromatic nitrogens is 3. The highest BCUT2D eigenvalue weighted by Crippen LogP contribution is 2.24. The molecule has 0 atom stereocenters. The van der Waals surface area contributed by atoms with Crippen molar-refractivity contribution in [2.45, 2.75) is 13.5 Å². The molecule has 0 aliphatic carbocycles. The molecule has 0 bridgehead atoms. The number of halogens is 1. The molecule has 1 aromatic carbocycles. The fourth-order valence-electron chi connectivity index (χ4n) is 2.27. The second-order valence-electron chi connectivity index (χ2n) is 4.94. The highest BCUT2D eigenvalue weighted by molar-refractivity contribution is 6.32. The van der Waals surface area contributed by atoms with Crippen molar-refractivity contribution in [3.8, 4) is 5.75 Å².